The fourth-order valence-electron chi connectivity index (χ4n) is 2.81. The molecule has 0 radical (unpaired) electrons. The number of likely N-dealkylation sites (N-methyl/N-ethyl adjacent to an activating group) is 1. The van der Waals surface area contributed by atoms with Gasteiger partial charge in [0.05, 0.1) is 12.9 Å². The lowest BCUT2D eigenvalue weighted by molar-refractivity contribution is -0.119. The van der Waals surface area contributed by atoms with E-state index in [1.807, 2.05) is 41.1 Å². The Morgan fingerprint density at radius 3 is 2.46 bits per heavy atom. The molecule has 5 heteroatoms. The van der Waals surface area contributed by atoms with E-state index in [0.717, 1.165) is 24.3 Å². The van der Waals surface area contributed by atoms with Crippen molar-refractivity contribution in [1.29, 1.82) is 0 Å². The summed E-state index contributed by atoms with van der Waals surface area (Å²) in [5.41, 5.74) is 3.36. The molecule has 2 aromatic carbocycles. The third-order valence-electron chi connectivity index (χ3n) is 4.27. The molecule has 0 saturated carbocycles. The highest BCUT2D eigenvalue weighted by molar-refractivity contribution is 5.81. The topological polar surface area (TPSA) is 50.2 Å². The van der Waals surface area contributed by atoms with E-state index in [-0.39, 0.29) is 5.91 Å². The number of hydrogen-bond donors (Lipinski definition) is 1. The zero-order valence-electron chi connectivity index (χ0n) is 15.0. The van der Waals surface area contributed by atoms with E-state index in [1.165, 1.54) is 5.56 Å². The molecule has 0 unspecified atom stereocenters. The molecule has 0 spiro atoms. The van der Waals surface area contributed by atoms with Gasteiger partial charge in [-0.15, -0.1) is 0 Å². The van der Waals surface area contributed by atoms with Crippen LogP contribution in [0.15, 0.2) is 73.3 Å². The van der Waals surface area contributed by atoms with Gasteiger partial charge >= 0.3 is 0 Å². The minimum absolute atomic E-state index is 0.0261. The van der Waals surface area contributed by atoms with Gasteiger partial charge in [-0.2, -0.15) is 0 Å². The molecule has 1 aromatic heterocycles. The molecule has 3 rings (SSSR count). The molecule has 0 aliphatic carbocycles. The van der Waals surface area contributed by atoms with Crippen molar-refractivity contribution < 1.29 is 4.79 Å². The summed E-state index contributed by atoms with van der Waals surface area (Å²) in [7, 11) is 0. The van der Waals surface area contributed by atoms with E-state index in [4.69, 9.17) is 0 Å². The molecule has 1 N–H and O–H groups in total. The molecule has 1 heterocycles. The lowest BCUT2D eigenvalue weighted by atomic mass is 10.1. The number of para-hydroxylation sites is 1. The van der Waals surface area contributed by atoms with Gasteiger partial charge < -0.3 is 14.8 Å². The van der Waals surface area contributed by atoms with Crippen molar-refractivity contribution in [3.8, 4) is 0 Å². The zero-order chi connectivity index (χ0) is 18.2. The van der Waals surface area contributed by atoms with Crippen LogP contribution in [0.3, 0.4) is 0 Å². The number of anilines is 1. The Kier molecular flexibility index (Phi) is 6.04. The van der Waals surface area contributed by atoms with Gasteiger partial charge in [0.1, 0.15) is 0 Å². The smallest absolute Gasteiger partial charge is 0.239 e. The monoisotopic (exact) mass is 348 g/mol. The van der Waals surface area contributed by atoms with E-state index >= 15 is 0 Å². The van der Waals surface area contributed by atoms with E-state index < -0.39 is 0 Å². The zero-order valence-corrected chi connectivity index (χ0v) is 15.0. The van der Waals surface area contributed by atoms with Crippen LogP contribution in [-0.4, -0.2) is 28.5 Å². The minimum atomic E-state index is 0.0261. The molecule has 0 fully saturated rings. The van der Waals surface area contributed by atoms with Gasteiger partial charge in [0, 0.05) is 37.7 Å². The Balaban J connectivity index is 1.49. The first kappa shape index (κ1) is 17.7. The Labute approximate surface area is 154 Å². The first-order valence-corrected chi connectivity index (χ1v) is 8.85. The van der Waals surface area contributed by atoms with Crippen molar-refractivity contribution in [2.24, 2.45) is 0 Å². The van der Waals surface area contributed by atoms with Gasteiger partial charge in [-0.1, -0.05) is 42.5 Å². The van der Waals surface area contributed by atoms with Gasteiger partial charge in [-0.3, -0.25) is 4.79 Å². The molecular weight excluding hydrogens is 324 g/mol. The lowest BCUT2D eigenvalue weighted by Crippen LogP contribution is -2.36. The standard InChI is InChI=1S/C21H24N4O/c1-2-25(20-6-4-3-5-7-20)16-21(26)23-14-18-8-10-19(11-9-18)15-24-13-12-22-17-24/h3-13,17H,2,14-16H2,1H3,(H,23,26). The number of carbonyl (C=O) groups is 1. The van der Waals surface area contributed by atoms with Crippen molar-refractivity contribution in [3.05, 3.63) is 84.4 Å². The maximum Gasteiger partial charge on any atom is 0.239 e. The van der Waals surface area contributed by atoms with Crippen molar-refractivity contribution in [2.45, 2.75) is 20.0 Å². The van der Waals surface area contributed by atoms with Crippen LogP contribution in [0.5, 0.6) is 0 Å². The Bertz CT molecular complexity index is 798. The molecule has 5 nitrogen and oxygen atoms in total. The van der Waals surface area contributed by atoms with Gasteiger partial charge in [0.25, 0.3) is 0 Å². The Morgan fingerprint density at radius 2 is 1.81 bits per heavy atom. The average molecular weight is 348 g/mol. The predicted molar refractivity (Wildman–Crippen MR) is 104 cm³/mol. The van der Waals surface area contributed by atoms with E-state index in [0.29, 0.717) is 13.1 Å². The van der Waals surface area contributed by atoms with Gasteiger partial charge in [-0.25, -0.2) is 4.98 Å². The normalized spacial score (nSPS) is 10.5. The van der Waals surface area contributed by atoms with Crippen molar-refractivity contribution in [1.82, 2.24) is 14.9 Å². The lowest BCUT2D eigenvalue weighted by Gasteiger charge is -2.22. The summed E-state index contributed by atoms with van der Waals surface area (Å²) in [4.78, 5) is 18.4. The predicted octanol–water partition coefficient (Wildman–Crippen LogP) is 3.07. The first-order valence-electron chi connectivity index (χ1n) is 8.85. The summed E-state index contributed by atoms with van der Waals surface area (Å²) in [5, 5.41) is 3.00. The fourth-order valence-corrected chi connectivity index (χ4v) is 2.81. The highest BCUT2D eigenvalue weighted by atomic mass is 16.2. The second kappa shape index (κ2) is 8.85. The molecule has 3 aromatic rings. The molecule has 1 amide bonds. The number of amides is 1. The number of nitrogens with zero attached hydrogens (tertiary/aromatic N) is 3. The van der Waals surface area contributed by atoms with Crippen LogP contribution in [0.25, 0.3) is 0 Å². The van der Waals surface area contributed by atoms with Crippen molar-refractivity contribution in [2.75, 3.05) is 18.0 Å². The second-order valence-electron chi connectivity index (χ2n) is 6.18. The van der Waals surface area contributed by atoms with Crippen molar-refractivity contribution in [3.63, 3.8) is 0 Å². The largest absolute Gasteiger partial charge is 0.363 e. The average Bonchev–Trinajstić information content (AvgIpc) is 3.19. The maximum absolute atomic E-state index is 12.3. The number of imidazole rings is 1. The highest BCUT2D eigenvalue weighted by Crippen LogP contribution is 2.12. The number of carbonyl (C=O) groups excluding carboxylic acids is 1. The van der Waals surface area contributed by atoms with Crippen LogP contribution in [0.2, 0.25) is 0 Å². The minimum Gasteiger partial charge on any atom is -0.363 e. The quantitative estimate of drug-likeness (QED) is 0.681. The molecule has 0 atom stereocenters. The summed E-state index contributed by atoms with van der Waals surface area (Å²) in [6.45, 7) is 4.55. The SMILES string of the molecule is CCN(CC(=O)NCc1ccc(Cn2ccnc2)cc1)c1ccccc1. The summed E-state index contributed by atoms with van der Waals surface area (Å²) in [6, 6.07) is 18.3. The molecule has 26 heavy (non-hydrogen) atoms. The Morgan fingerprint density at radius 1 is 1.08 bits per heavy atom. The van der Waals surface area contributed by atoms with Gasteiger partial charge in [-0.05, 0) is 30.2 Å². The van der Waals surface area contributed by atoms with Crippen LogP contribution in [0.1, 0.15) is 18.1 Å². The third-order valence-corrected chi connectivity index (χ3v) is 4.27. The van der Waals surface area contributed by atoms with Crippen LogP contribution < -0.4 is 10.2 Å². The number of benzene rings is 2. The van der Waals surface area contributed by atoms with Crippen LogP contribution >= 0.6 is 0 Å². The summed E-state index contributed by atoms with van der Waals surface area (Å²) < 4.78 is 2.03. The highest BCUT2D eigenvalue weighted by Gasteiger charge is 2.09. The number of rotatable bonds is 8. The summed E-state index contributed by atoms with van der Waals surface area (Å²) in [5.74, 6) is 0.0261. The van der Waals surface area contributed by atoms with Crippen molar-refractivity contribution >= 4 is 11.6 Å². The molecular formula is C21H24N4O. The summed E-state index contributed by atoms with van der Waals surface area (Å²) in [6.07, 6.45) is 5.53. The number of hydrogen-bond acceptors (Lipinski definition) is 3. The number of aromatic nitrogens is 2. The van der Waals surface area contributed by atoms with E-state index in [1.54, 1.807) is 12.5 Å². The fraction of sp³-hybridized carbons (Fsp3) is 0.238. The molecule has 0 aliphatic rings. The summed E-state index contributed by atoms with van der Waals surface area (Å²) >= 11 is 0. The molecule has 0 bridgehead atoms. The second-order valence-corrected chi connectivity index (χ2v) is 6.18. The molecule has 134 valence electrons. The Hall–Kier alpha value is -3.08. The van der Waals surface area contributed by atoms with Crippen LogP contribution in [-0.2, 0) is 17.9 Å². The van der Waals surface area contributed by atoms with Gasteiger partial charge in [0.2, 0.25) is 5.91 Å². The van der Waals surface area contributed by atoms with Crippen LogP contribution in [0, 0.1) is 0 Å². The number of nitrogens with one attached hydrogen (secondary N) is 1. The van der Waals surface area contributed by atoms with Gasteiger partial charge in [0.15, 0.2) is 0 Å². The maximum atomic E-state index is 12.3. The molecule has 0 saturated heterocycles. The van der Waals surface area contributed by atoms with Crippen LogP contribution in [0.4, 0.5) is 5.69 Å². The third kappa shape index (κ3) is 4.96. The molecule has 0 aliphatic heterocycles. The van der Waals surface area contributed by atoms with E-state index in [9.17, 15) is 4.79 Å². The van der Waals surface area contributed by atoms with E-state index in [2.05, 4.69) is 46.4 Å². The first-order chi connectivity index (χ1) is 12.7.